The molecular weight excluding hydrogens is 190 g/mol. The zero-order valence-electron chi connectivity index (χ0n) is 8.70. The lowest BCUT2D eigenvalue weighted by atomic mass is 10.1. The number of rotatable bonds is 6. The minimum absolute atomic E-state index is 0.330. The largest absolute Gasteiger partial charge is 0.478 e. The molecule has 0 aliphatic rings. The second-order valence-electron chi connectivity index (χ2n) is 3.39. The summed E-state index contributed by atoms with van der Waals surface area (Å²) in [6, 6.07) is 6.92. The summed E-state index contributed by atoms with van der Waals surface area (Å²) >= 11 is 0. The maximum absolute atomic E-state index is 10.6. The molecule has 0 aliphatic heterocycles. The van der Waals surface area contributed by atoms with Crippen molar-refractivity contribution in [2.24, 2.45) is 0 Å². The smallest absolute Gasteiger partial charge is 0.335 e. The predicted octanol–water partition coefficient (Wildman–Crippen LogP) is 2.09. The van der Waals surface area contributed by atoms with E-state index < -0.39 is 5.97 Å². The van der Waals surface area contributed by atoms with Gasteiger partial charge in [0.2, 0.25) is 0 Å². The lowest BCUT2D eigenvalue weighted by Gasteiger charge is -2.04. The first-order chi connectivity index (χ1) is 7.24. The third-order valence-corrected chi connectivity index (χ3v) is 2.13. The molecule has 0 atom stereocenters. The first-order valence-electron chi connectivity index (χ1n) is 5.06. The van der Waals surface area contributed by atoms with Crippen molar-refractivity contribution in [2.45, 2.75) is 19.4 Å². The summed E-state index contributed by atoms with van der Waals surface area (Å²) in [7, 11) is 0. The summed E-state index contributed by atoms with van der Waals surface area (Å²) in [6.45, 7) is 5.48. The summed E-state index contributed by atoms with van der Waals surface area (Å²) in [5.41, 5.74) is 1.43. The van der Waals surface area contributed by atoms with E-state index in [1.54, 1.807) is 12.1 Å². The van der Waals surface area contributed by atoms with Crippen molar-refractivity contribution in [2.75, 3.05) is 6.54 Å². The maximum atomic E-state index is 10.6. The average molecular weight is 206 g/mol. The Morgan fingerprint density at radius 2 is 2.00 bits per heavy atom. The minimum atomic E-state index is -0.883. The summed E-state index contributed by atoms with van der Waals surface area (Å²) < 4.78 is 0. The Balaban J connectivity index is 2.39. The van der Waals surface area contributed by atoms with Gasteiger partial charge in [0.05, 0.1) is 5.56 Å². The van der Waals surface area contributed by atoms with Gasteiger partial charge >= 0.3 is 5.97 Å². The molecule has 1 radical (unpaired) electrons. The number of carboxylic acids is 1. The highest BCUT2D eigenvalue weighted by Crippen LogP contribution is 2.04. The Hall–Kier alpha value is -1.35. The molecule has 0 bridgehead atoms. The van der Waals surface area contributed by atoms with Crippen molar-refractivity contribution in [1.82, 2.24) is 5.32 Å². The van der Waals surface area contributed by atoms with Gasteiger partial charge in [-0.3, -0.25) is 0 Å². The second-order valence-corrected chi connectivity index (χ2v) is 3.39. The van der Waals surface area contributed by atoms with Gasteiger partial charge in [0.1, 0.15) is 0 Å². The molecule has 0 fully saturated rings. The number of nitrogens with one attached hydrogen (secondary N) is 1. The SMILES string of the molecule is [CH2]CCCNCc1ccc(C(=O)O)cc1. The van der Waals surface area contributed by atoms with E-state index in [1.807, 2.05) is 12.1 Å². The summed E-state index contributed by atoms with van der Waals surface area (Å²) in [6.07, 6.45) is 2.00. The van der Waals surface area contributed by atoms with Crippen LogP contribution in [0.4, 0.5) is 0 Å². The first kappa shape index (κ1) is 11.7. The highest BCUT2D eigenvalue weighted by Gasteiger charge is 2.00. The van der Waals surface area contributed by atoms with Crippen molar-refractivity contribution in [3.8, 4) is 0 Å². The normalized spacial score (nSPS) is 10.2. The molecule has 3 heteroatoms. The van der Waals surface area contributed by atoms with Gasteiger partial charge in [-0.15, -0.1) is 0 Å². The fraction of sp³-hybridized carbons (Fsp3) is 0.333. The molecule has 0 saturated carbocycles. The number of hydrogen-bond acceptors (Lipinski definition) is 2. The quantitative estimate of drug-likeness (QED) is 0.701. The third kappa shape index (κ3) is 4.13. The van der Waals surface area contributed by atoms with E-state index in [-0.39, 0.29) is 0 Å². The highest BCUT2D eigenvalue weighted by atomic mass is 16.4. The van der Waals surface area contributed by atoms with E-state index in [9.17, 15) is 4.79 Å². The molecule has 81 valence electrons. The van der Waals surface area contributed by atoms with Gasteiger partial charge < -0.3 is 10.4 Å². The zero-order valence-corrected chi connectivity index (χ0v) is 8.70. The monoisotopic (exact) mass is 206 g/mol. The molecule has 0 aliphatic carbocycles. The fourth-order valence-corrected chi connectivity index (χ4v) is 1.25. The molecule has 2 N–H and O–H groups in total. The molecule has 1 aromatic carbocycles. The molecule has 15 heavy (non-hydrogen) atoms. The van der Waals surface area contributed by atoms with E-state index in [2.05, 4.69) is 12.2 Å². The molecule has 0 saturated heterocycles. The van der Waals surface area contributed by atoms with E-state index >= 15 is 0 Å². The van der Waals surface area contributed by atoms with Crippen LogP contribution in [-0.2, 0) is 6.54 Å². The average Bonchev–Trinajstić information content (AvgIpc) is 2.25. The number of aromatic carboxylic acids is 1. The van der Waals surface area contributed by atoms with Crippen LogP contribution in [0.2, 0.25) is 0 Å². The van der Waals surface area contributed by atoms with Crippen LogP contribution in [0.3, 0.4) is 0 Å². The van der Waals surface area contributed by atoms with Gasteiger partial charge in [-0.2, -0.15) is 0 Å². The van der Waals surface area contributed by atoms with Crippen molar-refractivity contribution < 1.29 is 9.90 Å². The molecule has 1 rings (SSSR count). The number of carboxylic acid groups (broad SMARTS) is 1. The van der Waals surface area contributed by atoms with Gasteiger partial charge in [0.15, 0.2) is 0 Å². The highest BCUT2D eigenvalue weighted by molar-refractivity contribution is 5.87. The lowest BCUT2D eigenvalue weighted by molar-refractivity contribution is 0.0697. The number of unbranched alkanes of at least 4 members (excludes halogenated alkanes) is 1. The molecule has 0 unspecified atom stereocenters. The van der Waals surface area contributed by atoms with Crippen LogP contribution < -0.4 is 5.32 Å². The van der Waals surface area contributed by atoms with E-state index in [0.717, 1.165) is 31.5 Å². The van der Waals surface area contributed by atoms with E-state index in [4.69, 9.17) is 5.11 Å². The third-order valence-electron chi connectivity index (χ3n) is 2.13. The van der Waals surface area contributed by atoms with Crippen molar-refractivity contribution >= 4 is 5.97 Å². The van der Waals surface area contributed by atoms with Gasteiger partial charge in [-0.05, 0) is 30.7 Å². The first-order valence-corrected chi connectivity index (χ1v) is 5.06. The van der Waals surface area contributed by atoms with Crippen molar-refractivity contribution in [3.63, 3.8) is 0 Å². The minimum Gasteiger partial charge on any atom is -0.478 e. The van der Waals surface area contributed by atoms with Crippen molar-refractivity contribution in [3.05, 3.63) is 42.3 Å². The van der Waals surface area contributed by atoms with Gasteiger partial charge in [-0.25, -0.2) is 4.79 Å². The summed E-state index contributed by atoms with van der Waals surface area (Å²) in [5, 5.41) is 12.0. The van der Waals surface area contributed by atoms with Crippen LogP contribution in [0.15, 0.2) is 24.3 Å². The summed E-state index contributed by atoms with van der Waals surface area (Å²) in [4.78, 5) is 10.6. The Labute approximate surface area is 90.1 Å². The van der Waals surface area contributed by atoms with E-state index in [1.165, 1.54) is 0 Å². The Morgan fingerprint density at radius 3 is 2.53 bits per heavy atom. The van der Waals surface area contributed by atoms with Gasteiger partial charge in [0.25, 0.3) is 0 Å². The lowest BCUT2D eigenvalue weighted by Crippen LogP contribution is -2.14. The van der Waals surface area contributed by atoms with Crippen LogP contribution in [0.5, 0.6) is 0 Å². The van der Waals surface area contributed by atoms with Crippen molar-refractivity contribution in [1.29, 1.82) is 0 Å². The molecule has 3 nitrogen and oxygen atoms in total. The Bertz CT molecular complexity index is 306. The molecule has 0 spiro atoms. The van der Waals surface area contributed by atoms with Crippen LogP contribution in [0.1, 0.15) is 28.8 Å². The van der Waals surface area contributed by atoms with Gasteiger partial charge in [-0.1, -0.05) is 25.5 Å². The standard InChI is InChI=1S/C12H16NO2/c1-2-3-8-13-9-10-4-6-11(7-5-10)12(14)15/h4-7,13H,1-3,8-9H2,(H,14,15). The van der Waals surface area contributed by atoms with Crippen LogP contribution in [-0.4, -0.2) is 17.6 Å². The van der Waals surface area contributed by atoms with Crippen LogP contribution in [0.25, 0.3) is 0 Å². The molecule has 1 aromatic rings. The number of carbonyl (C=O) groups is 1. The fourth-order valence-electron chi connectivity index (χ4n) is 1.25. The Morgan fingerprint density at radius 1 is 1.33 bits per heavy atom. The zero-order chi connectivity index (χ0) is 11.1. The summed E-state index contributed by atoms with van der Waals surface area (Å²) in [5.74, 6) is -0.883. The second kappa shape index (κ2) is 6.19. The predicted molar refractivity (Wildman–Crippen MR) is 59.7 cm³/mol. The Kier molecular flexibility index (Phi) is 4.84. The van der Waals surface area contributed by atoms with Crippen LogP contribution >= 0.6 is 0 Å². The van der Waals surface area contributed by atoms with Crippen LogP contribution in [0, 0.1) is 6.92 Å². The molecule has 0 amide bonds. The molecule has 0 aromatic heterocycles. The topological polar surface area (TPSA) is 49.3 Å². The molecular formula is C12H16NO2. The van der Waals surface area contributed by atoms with E-state index in [0.29, 0.717) is 5.56 Å². The maximum Gasteiger partial charge on any atom is 0.335 e. The number of hydrogen-bond donors (Lipinski definition) is 2. The molecule has 0 heterocycles. The number of benzene rings is 1. The van der Waals surface area contributed by atoms with Gasteiger partial charge in [0, 0.05) is 6.54 Å².